The van der Waals surface area contributed by atoms with Crippen molar-refractivity contribution in [2.45, 2.75) is 6.92 Å². The van der Waals surface area contributed by atoms with Crippen LogP contribution in [0.5, 0.6) is 0 Å². The van der Waals surface area contributed by atoms with Crippen LogP contribution >= 0.6 is 0 Å². The maximum absolute atomic E-state index is 11.6. The van der Waals surface area contributed by atoms with Crippen molar-refractivity contribution in [2.24, 2.45) is 0 Å². The average molecular weight is 229 g/mol. The summed E-state index contributed by atoms with van der Waals surface area (Å²) in [7, 11) is 0. The topological polar surface area (TPSA) is 74.8 Å². The van der Waals surface area contributed by atoms with Crippen molar-refractivity contribution < 1.29 is 9.59 Å². The predicted octanol–water partition coefficient (Wildman–Crippen LogP) is 1.54. The molecule has 5 heteroatoms. The number of nitrogens with one attached hydrogen (secondary N) is 2. The summed E-state index contributed by atoms with van der Waals surface area (Å²) in [6, 6.07) is 8.41. The van der Waals surface area contributed by atoms with Gasteiger partial charge in [0.25, 0.3) is 11.7 Å². The van der Waals surface area contributed by atoms with Crippen LogP contribution in [0.25, 0.3) is 0 Å². The van der Waals surface area contributed by atoms with Gasteiger partial charge in [-0.05, 0) is 31.2 Å². The number of nitrogens with zero attached hydrogens (tertiary/aromatic N) is 1. The van der Waals surface area contributed by atoms with E-state index in [1.54, 1.807) is 30.5 Å². The highest BCUT2D eigenvalue weighted by Crippen LogP contribution is 2.05. The van der Waals surface area contributed by atoms with Gasteiger partial charge in [0.2, 0.25) is 0 Å². The number of ketones is 1. The van der Waals surface area contributed by atoms with E-state index in [4.69, 9.17) is 0 Å². The van der Waals surface area contributed by atoms with Crippen molar-refractivity contribution in [3.05, 3.63) is 47.9 Å². The van der Waals surface area contributed by atoms with E-state index in [0.29, 0.717) is 5.82 Å². The standard InChI is InChI=1S/C12H11N3O2/c1-8-4-2-6-10(14-8)15-12(17)11(16)9-5-3-7-13-9/h2-7,13H,1H3,(H,14,15,17). The SMILES string of the molecule is Cc1cccc(NC(=O)C(=O)c2ccc[nH]2)n1. The Balaban J connectivity index is 2.10. The van der Waals surface area contributed by atoms with Crippen LogP contribution in [0.1, 0.15) is 16.2 Å². The molecular formula is C12H11N3O2. The number of aryl methyl sites for hydroxylation is 1. The van der Waals surface area contributed by atoms with E-state index >= 15 is 0 Å². The predicted molar refractivity (Wildman–Crippen MR) is 62.7 cm³/mol. The molecule has 2 aromatic rings. The van der Waals surface area contributed by atoms with Crippen LogP contribution in [0, 0.1) is 6.92 Å². The molecule has 0 aromatic carbocycles. The summed E-state index contributed by atoms with van der Waals surface area (Å²) in [6.07, 6.45) is 1.59. The van der Waals surface area contributed by atoms with Crippen LogP contribution in [-0.2, 0) is 4.79 Å². The van der Waals surface area contributed by atoms with Gasteiger partial charge in [-0.25, -0.2) is 4.98 Å². The summed E-state index contributed by atoms with van der Waals surface area (Å²) in [4.78, 5) is 30.0. The second-order valence-corrected chi connectivity index (χ2v) is 3.53. The molecule has 0 aliphatic carbocycles. The lowest BCUT2D eigenvalue weighted by Crippen LogP contribution is -2.23. The normalized spacial score (nSPS) is 9.94. The highest BCUT2D eigenvalue weighted by molar-refractivity contribution is 6.46. The maximum atomic E-state index is 11.6. The highest BCUT2D eigenvalue weighted by Gasteiger charge is 2.17. The first-order valence-electron chi connectivity index (χ1n) is 5.09. The van der Waals surface area contributed by atoms with Crippen LogP contribution in [-0.4, -0.2) is 21.7 Å². The van der Waals surface area contributed by atoms with E-state index in [9.17, 15) is 9.59 Å². The fourth-order valence-corrected chi connectivity index (χ4v) is 1.38. The number of hydrogen-bond donors (Lipinski definition) is 2. The third kappa shape index (κ3) is 2.57. The van der Waals surface area contributed by atoms with Gasteiger partial charge < -0.3 is 10.3 Å². The molecule has 0 unspecified atom stereocenters. The first-order chi connectivity index (χ1) is 8.16. The molecular weight excluding hydrogens is 218 g/mol. The molecule has 2 rings (SSSR count). The van der Waals surface area contributed by atoms with E-state index in [1.807, 2.05) is 13.0 Å². The van der Waals surface area contributed by atoms with Gasteiger partial charge in [0.05, 0.1) is 5.69 Å². The lowest BCUT2D eigenvalue weighted by Gasteiger charge is -2.03. The number of anilines is 1. The summed E-state index contributed by atoms with van der Waals surface area (Å²) < 4.78 is 0. The first kappa shape index (κ1) is 11.1. The van der Waals surface area contributed by atoms with E-state index in [0.717, 1.165) is 5.69 Å². The van der Waals surface area contributed by atoms with E-state index in [-0.39, 0.29) is 5.69 Å². The minimum Gasteiger partial charge on any atom is -0.358 e. The Morgan fingerprint density at radius 1 is 1.24 bits per heavy atom. The third-order valence-electron chi connectivity index (χ3n) is 2.18. The fraction of sp³-hybridized carbons (Fsp3) is 0.0833. The number of pyridine rings is 1. The summed E-state index contributed by atoms with van der Waals surface area (Å²) in [5.41, 5.74) is 1.03. The van der Waals surface area contributed by atoms with Gasteiger partial charge in [-0.15, -0.1) is 0 Å². The van der Waals surface area contributed by atoms with Gasteiger partial charge in [-0.2, -0.15) is 0 Å². The van der Waals surface area contributed by atoms with Crippen molar-refractivity contribution in [1.82, 2.24) is 9.97 Å². The Hall–Kier alpha value is -2.43. The van der Waals surface area contributed by atoms with Gasteiger partial charge in [-0.1, -0.05) is 6.07 Å². The Labute approximate surface area is 97.9 Å². The summed E-state index contributed by atoms with van der Waals surface area (Å²) in [6.45, 7) is 1.81. The number of rotatable bonds is 3. The number of carbonyl (C=O) groups excluding carboxylic acids is 2. The molecule has 0 saturated heterocycles. The smallest absolute Gasteiger partial charge is 0.299 e. The molecule has 2 heterocycles. The number of carbonyl (C=O) groups is 2. The van der Waals surface area contributed by atoms with Crippen molar-refractivity contribution in [2.75, 3.05) is 5.32 Å². The van der Waals surface area contributed by atoms with Gasteiger partial charge in [-0.3, -0.25) is 9.59 Å². The Bertz CT molecular complexity index is 547. The molecule has 0 spiro atoms. The zero-order valence-electron chi connectivity index (χ0n) is 9.23. The van der Waals surface area contributed by atoms with Crippen molar-refractivity contribution in [1.29, 1.82) is 0 Å². The van der Waals surface area contributed by atoms with Crippen LogP contribution in [0.4, 0.5) is 5.82 Å². The minimum absolute atomic E-state index is 0.259. The van der Waals surface area contributed by atoms with Gasteiger partial charge in [0.15, 0.2) is 0 Å². The molecule has 0 radical (unpaired) electrons. The third-order valence-corrected chi connectivity index (χ3v) is 2.18. The number of aromatic amines is 1. The Morgan fingerprint density at radius 2 is 2.06 bits per heavy atom. The Kier molecular flexibility index (Phi) is 3.00. The van der Waals surface area contributed by atoms with E-state index in [2.05, 4.69) is 15.3 Å². The van der Waals surface area contributed by atoms with Crippen molar-refractivity contribution >= 4 is 17.5 Å². The minimum atomic E-state index is -0.703. The molecule has 0 atom stereocenters. The highest BCUT2D eigenvalue weighted by atomic mass is 16.2. The molecule has 0 saturated carbocycles. The lowest BCUT2D eigenvalue weighted by atomic mass is 10.2. The number of H-pyrrole nitrogens is 1. The van der Waals surface area contributed by atoms with Gasteiger partial charge in [0.1, 0.15) is 5.82 Å². The molecule has 0 fully saturated rings. The first-order valence-corrected chi connectivity index (χ1v) is 5.09. The summed E-state index contributed by atoms with van der Waals surface area (Å²) in [5.74, 6) is -0.946. The lowest BCUT2D eigenvalue weighted by molar-refractivity contribution is -0.112. The molecule has 5 nitrogen and oxygen atoms in total. The number of amides is 1. The van der Waals surface area contributed by atoms with Crippen molar-refractivity contribution in [3.63, 3.8) is 0 Å². The van der Waals surface area contributed by atoms with Gasteiger partial charge in [0, 0.05) is 11.9 Å². The van der Waals surface area contributed by atoms with E-state index in [1.165, 1.54) is 0 Å². The van der Waals surface area contributed by atoms with Crippen LogP contribution in [0.15, 0.2) is 36.5 Å². The summed E-state index contributed by atoms with van der Waals surface area (Å²) in [5, 5.41) is 2.45. The molecule has 86 valence electrons. The molecule has 0 bridgehead atoms. The molecule has 0 aliphatic heterocycles. The number of hydrogen-bond acceptors (Lipinski definition) is 3. The van der Waals surface area contributed by atoms with Crippen molar-refractivity contribution in [3.8, 4) is 0 Å². The molecule has 1 amide bonds. The second-order valence-electron chi connectivity index (χ2n) is 3.53. The maximum Gasteiger partial charge on any atom is 0.299 e. The Morgan fingerprint density at radius 3 is 2.71 bits per heavy atom. The zero-order chi connectivity index (χ0) is 12.3. The summed E-state index contributed by atoms with van der Waals surface area (Å²) >= 11 is 0. The van der Waals surface area contributed by atoms with Gasteiger partial charge >= 0.3 is 0 Å². The number of aromatic nitrogens is 2. The zero-order valence-corrected chi connectivity index (χ0v) is 9.23. The van der Waals surface area contributed by atoms with Crippen LogP contribution in [0.3, 0.4) is 0 Å². The fourth-order valence-electron chi connectivity index (χ4n) is 1.38. The largest absolute Gasteiger partial charge is 0.358 e. The molecule has 2 aromatic heterocycles. The van der Waals surface area contributed by atoms with Crippen LogP contribution in [0.2, 0.25) is 0 Å². The molecule has 17 heavy (non-hydrogen) atoms. The quantitative estimate of drug-likeness (QED) is 0.619. The number of Topliss-reactive ketones (excluding diaryl/α,β-unsaturated/α-hetero) is 1. The molecule has 2 N–H and O–H groups in total. The monoisotopic (exact) mass is 229 g/mol. The second kappa shape index (κ2) is 4.61. The average Bonchev–Trinajstić information content (AvgIpc) is 2.81. The molecule has 0 aliphatic rings. The van der Waals surface area contributed by atoms with Crippen LogP contribution < -0.4 is 5.32 Å². The van der Waals surface area contributed by atoms with E-state index < -0.39 is 11.7 Å².